The molecule has 7 nitrogen and oxygen atoms in total. The van der Waals surface area contributed by atoms with E-state index in [0.717, 1.165) is 25.6 Å². The van der Waals surface area contributed by atoms with E-state index in [1.54, 1.807) is 18.2 Å². The summed E-state index contributed by atoms with van der Waals surface area (Å²) in [7, 11) is -4.04. The predicted octanol–water partition coefficient (Wildman–Crippen LogP) is 3.71. The quantitative estimate of drug-likeness (QED) is 0.526. The lowest BCUT2D eigenvalue weighted by atomic mass is 10.1. The van der Waals surface area contributed by atoms with Crippen LogP contribution in [0.3, 0.4) is 0 Å². The van der Waals surface area contributed by atoms with Crippen LogP contribution < -0.4 is 5.14 Å². The van der Waals surface area contributed by atoms with Crippen LogP contribution in [0.15, 0.2) is 53.4 Å². The van der Waals surface area contributed by atoms with Gasteiger partial charge in [-0.05, 0) is 42.3 Å². The maximum atomic E-state index is 14.9. The van der Waals surface area contributed by atoms with E-state index in [1.165, 1.54) is 16.8 Å². The monoisotopic (exact) mass is 495 g/mol. The molecule has 0 aliphatic carbocycles. The molecule has 11 heteroatoms. The highest BCUT2D eigenvalue weighted by Crippen LogP contribution is 2.28. The summed E-state index contributed by atoms with van der Waals surface area (Å²) in [5, 5.41) is 10.6. The standard InChI is InChI=1S/C21H20Cl2FN5O2S/c22-16-5-4-6-17(23)15(16)12-21-26-20(13-28-9-2-1-3-10-28)27-29(21)19-8-7-14(11-18(19)24)32(25,30)31/h1-2,4-8,11H,3,9-10,12-13H2,(H2,25,30,31). The van der Waals surface area contributed by atoms with Gasteiger partial charge in [0.25, 0.3) is 0 Å². The molecule has 0 amide bonds. The smallest absolute Gasteiger partial charge is 0.238 e. The van der Waals surface area contributed by atoms with Crippen molar-refractivity contribution in [2.45, 2.75) is 24.3 Å². The van der Waals surface area contributed by atoms with Gasteiger partial charge in [0.05, 0.1) is 11.4 Å². The van der Waals surface area contributed by atoms with E-state index in [9.17, 15) is 12.8 Å². The molecule has 0 spiro atoms. The molecule has 3 aromatic rings. The Hall–Kier alpha value is -2.30. The van der Waals surface area contributed by atoms with Crippen LogP contribution in [0.4, 0.5) is 4.39 Å². The van der Waals surface area contributed by atoms with Crippen molar-refractivity contribution in [2.75, 3.05) is 13.1 Å². The van der Waals surface area contributed by atoms with Crippen LogP contribution in [-0.2, 0) is 23.0 Å². The van der Waals surface area contributed by atoms with Gasteiger partial charge < -0.3 is 0 Å². The summed E-state index contributed by atoms with van der Waals surface area (Å²) in [5.41, 5.74) is 0.686. The van der Waals surface area contributed by atoms with Crippen molar-refractivity contribution in [3.63, 3.8) is 0 Å². The molecule has 0 saturated carbocycles. The molecule has 0 atom stereocenters. The normalized spacial score (nSPS) is 14.8. The summed E-state index contributed by atoms with van der Waals surface area (Å²) in [5.74, 6) is 0.138. The van der Waals surface area contributed by atoms with E-state index in [1.807, 2.05) is 0 Å². The van der Waals surface area contributed by atoms with E-state index in [4.69, 9.17) is 28.3 Å². The third-order valence-electron chi connectivity index (χ3n) is 5.10. The van der Waals surface area contributed by atoms with Gasteiger partial charge in [-0.1, -0.05) is 41.4 Å². The van der Waals surface area contributed by atoms with Crippen LogP contribution >= 0.6 is 23.2 Å². The first-order valence-electron chi connectivity index (χ1n) is 9.80. The molecule has 4 rings (SSSR count). The SMILES string of the molecule is NS(=O)(=O)c1ccc(-n2nc(CN3CC=CCC3)nc2Cc2c(Cl)cccc2Cl)c(F)c1. The Kier molecular flexibility index (Phi) is 6.64. The van der Waals surface area contributed by atoms with E-state index >= 15 is 0 Å². The lowest BCUT2D eigenvalue weighted by Gasteiger charge is -2.20. The minimum Gasteiger partial charge on any atom is -0.292 e. The number of halogens is 3. The van der Waals surface area contributed by atoms with Crippen molar-refractivity contribution in [3.8, 4) is 5.69 Å². The summed E-state index contributed by atoms with van der Waals surface area (Å²) in [4.78, 5) is 6.48. The highest BCUT2D eigenvalue weighted by Gasteiger charge is 2.21. The van der Waals surface area contributed by atoms with Gasteiger partial charge in [0.1, 0.15) is 17.3 Å². The summed E-state index contributed by atoms with van der Waals surface area (Å²) in [6.45, 7) is 2.13. The first-order valence-corrected chi connectivity index (χ1v) is 12.1. The molecule has 2 N–H and O–H groups in total. The summed E-state index contributed by atoms with van der Waals surface area (Å²) < 4.78 is 39.4. The van der Waals surface area contributed by atoms with Crippen molar-refractivity contribution in [1.82, 2.24) is 19.7 Å². The number of rotatable bonds is 6. The Bertz CT molecular complexity index is 1270. The molecular formula is C21H20Cl2FN5O2S. The number of aromatic nitrogens is 3. The van der Waals surface area contributed by atoms with E-state index in [0.29, 0.717) is 33.8 Å². The van der Waals surface area contributed by atoms with Crippen molar-refractivity contribution in [1.29, 1.82) is 0 Å². The molecule has 2 aromatic carbocycles. The van der Waals surface area contributed by atoms with E-state index in [2.05, 4.69) is 27.1 Å². The average molecular weight is 496 g/mol. The summed E-state index contributed by atoms with van der Waals surface area (Å²) >= 11 is 12.7. The minimum atomic E-state index is -4.04. The predicted molar refractivity (Wildman–Crippen MR) is 121 cm³/mol. The number of benzene rings is 2. The van der Waals surface area contributed by atoms with Crippen LogP contribution in [0.25, 0.3) is 5.69 Å². The Balaban J connectivity index is 1.76. The van der Waals surface area contributed by atoms with Crippen LogP contribution in [0, 0.1) is 5.82 Å². The van der Waals surface area contributed by atoms with Gasteiger partial charge in [-0.15, -0.1) is 5.10 Å². The van der Waals surface area contributed by atoms with Gasteiger partial charge in [-0.3, -0.25) is 4.90 Å². The number of hydrogen-bond acceptors (Lipinski definition) is 5. The highest BCUT2D eigenvalue weighted by molar-refractivity contribution is 7.89. The van der Waals surface area contributed by atoms with Crippen molar-refractivity contribution < 1.29 is 12.8 Å². The maximum Gasteiger partial charge on any atom is 0.238 e. The molecule has 0 unspecified atom stereocenters. The van der Waals surface area contributed by atoms with E-state index < -0.39 is 15.8 Å². The molecule has 0 radical (unpaired) electrons. The molecule has 0 bridgehead atoms. The number of nitrogens with two attached hydrogens (primary N) is 1. The molecule has 0 fully saturated rings. The molecule has 1 aliphatic heterocycles. The second-order valence-corrected chi connectivity index (χ2v) is 9.76. The van der Waals surface area contributed by atoms with Gasteiger partial charge in [-0.25, -0.2) is 27.6 Å². The van der Waals surface area contributed by atoms with Gasteiger partial charge in [0.15, 0.2) is 5.82 Å². The van der Waals surface area contributed by atoms with Crippen LogP contribution in [0.5, 0.6) is 0 Å². The molecule has 2 heterocycles. The third-order valence-corrected chi connectivity index (χ3v) is 6.72. The maximum absolute atomic E-state index is 14.9. The van der Waals surface area contributed by atoms with Crippen molar-refractivity contribution >= 4 is 33.2 Å². The number of primary sulfonamides is 1. The first-order chi connectivity index (χ1) is 15.2. The van der Waals surface area contributed by atoms with Gasteiger partial charge in [0.2, 0.25) is 10.0 Å². The largest absolute Gasteiger partial charge is 0.292 e. The zero-order valence-corrected chi connectivity index (χ0v) is 19.2. The minimum absolute atomic E-state index is 0.0490. The lowest BCUT2D eigenvalue weighted by molar-refractivity contribution is 0.283. The molecule has 0 saturated heterocycles. The Morgan fingerprint density at radius 3 is 2.50 bits per heavy atom. The lowest BCUT2D eigenvalue weighted by Crippen LogP contribution is -2.27. The van der Waals surface area contributed by atoms with Crippen molar-refractivity contribution in [2.24, 2.45) is 5.14 Å². The fraction of sp³-hybridized carbons (Fsp3) is 0.238. The van der Waals surface area contributed by atoms with Crippen LogP contribution in [-0.4, -0.2) is 41.2 Å². The molecular weight excluding hydrogens is 476 g/mol. The average Bonchev–Trinajstić information content (AvgIpc) is 3.12. The summed E-state index contributed by atoms with van der Waals surface area (Å²) in [6, 6.07) is 8.58. The molecule has 1 aromatic heterocycles. The molecule has 1 aliphatic rings. The third kappa shape index (κ3) is 5.02. The van der Waals surface area contributed by atoms with Crippen molar-refractivity contribution in [3.05, 3.63) is 81.6 Å². The molecule has 168 valence electrons. The topological polar surface area (TPSA) is 94.1 Å². The summed E-state index contributed by atoms with van der Waals surface area (Å²) in [6.07, 6.45) is 5.35. The van der Waals surface area contributed by atoms with Crippen LogP contribution in [0.1, 0.15) is 23.6 Å². The zero-order valence-electron chi connectivity index (χ0n) is 16.9. The Labute approximate surface area is 195 Å². The van der Waals surface area contributed by atoms with Gasteiger partial charge >= 0.3 is 0 Å². The molecule has 32 heavy (non-hydrogen) atoms. The fourth-order valence-corrected chi connectivity index (χ4v) is 4.55. The first kappa shape index (κ1) is 22.9. The number of nitrogens with zero attached hydrogens (tertiary/aromatic N) is 4. The zero-order chi connectivity index (χ0) is 22.9. The highest BCUT2D eigenvalue weighted by atomic mass is 35.5. The number of hydrogen-bond donors (Lipinski definition) is 1. The van der Waals surface area contributed by atoms with E-state index in [-0.39, 0.29) is 17.0 Å². The van der Waals surface area contributed by atoms with Gasteiger partial charge in [-0.2, -0.15) is 0 Å². The Morgan fingerprint density at radius 2 is 1.88 bits per heavy atom. The second-order valence-electron chi connectivity index (χ2n) is 7.39. The number of sulfonamides is 1. The van der Waals surface area contributed by atoms with Gasteiger partial charge in [0, 0.05) is 29.6 Å². The fourth-order valence-electron chi connectivity index (χ4n) is 3.50. The second kappa shape index (κ2) is 9.29. The Morgan fingerprint density at radius 1 is 1.12 bits per heavy atom. The van der Waals surface area contributed by atoms with Crippen LogP contribution in [0.2, 0.25) is 10.0 Å².